The summed E-state index contributed by atoms with van der Waals surface area (Å²) in [5.41, 5.74) is 3.50. The van der Waals surface area contributed by atoms with Gasteiger partial charge in [-0.25, -0.2) is 9.59 Å². The molecular weight excluding hydrogens is 428 g/mol. The average Bonchev–Trinajstić information content (AvgIpc) is 3.68. The molecule has 3 aliphatic rings. The van der Waals surface area contributed by atoms with Crippen LogP contribution in [0.4, 0.5) is 4.79 Å². The first-order valence-corrected chi connectivity index (χ1v) is 12.2. The van der Waals surface area contributed by atoms with Crippen LogP contribution in [0, 0.1) is 5.41 Å². The van der Waals surface area contributed by atoms with Crippen molar-refractivity contribution in [1.82, 2.24) is 9.80 Å². The number of fused-ring (bicyclic) bond motifs is 1. The van der Waals surface area contributed by atoms with Crippen LogP contribution >= 0.6 is 0 Å². The van der Waals surface area contributed by atoms with Crippen molar-refractivity contribution in [2.24, 2.45) is 5.41 Å². The summed E-state index contributed by atoms with van der Waals surface area (Å²) in [6, 6.07) is 16.1. The molecule has 2 aromatic carbocycles. The van der Waals surface area contributed by atoms with Gasteiger partial charge in [0.15, 0.2) is 0 Å². The second-order valence-electron chi connectivity index (χ2n) is 11.4. The summed E-state index contributed by atoms with van der Waals surface area (Å²) in [5.74, 6) is -0.514. The number of rotatable bonds is 7. The summed E-state index contributed by atoms with van der Waals surface area (Å²) < 4.78 is 5.83. The maximum absolute atomic E-state index is 13.3. The highest BCUT2D eigenvalue weighted by Crippen LogP contribution is 2.52. The molecule has 0 bridgehead atoms. The molecule has 2 atom stereocenters. The molecule has 34 heavy (non-hydrogen) atoms. The van der Waals surface area contributed by atoms with E-state index in [1.165, 1.54) is 11.1 Å². The molecule has 2 aromatic rings. The maximum atomic E-state index is 13.3. The van der Waals surface area contributed by atoms with Gasteiger partial charge in [-0.3, -0.25) is 4.90 Å². The van der Waals surface area contributed by atoms with Crippen molar-refractivity contribution in [3.63, 3.8) is 0 Å². The van der Waals surface area contributed by atoms with Crippen LogP contribution in [0.25, 0.3) is 0 Å². The van der Waals surface area contributed by atoms with Gasteiger partial charge in [-0.2, -0.15) is 0 Å². The lowest BCUT2D eigenvalue weighted by Crippen LogP contribution is -2.44. The lowest BCUT2D eigenvalue weighted by Gasteiger charge is -2.32. The van der Waals surface area contributed by atoms with Crippen LogP contribution in [0.1, 0.15) is 73.0 Å². The van der Waals surface area contributed by atoms with Crippen molar-refractivity contribution in [2.75, 3.05) is 13.1 Å². The van der Waals surface area contributed by atoms with Gasteiger partial charge in [0.2, 0.25) is 0 Å². The van der Waals surface area contributed by atoms with Crippen LogP contribution in [0.15, 0.2) is 48.5 Å². The Morgan fingerprint density at radius 2 is 1.79 bits per heavy atom. The van der Waals surface area contributed by atoms with Gasteiger partial charge in [-0.15, -0.1) is 0 Å². The van der Waals surface area contributed by atoms with E-state index in [2.05, 4.69) is 29.2 Å². The van der Waals surface area contributed by atoms with Crippen molar-refractivity contribution in [3.8, 4) is 0 Å². The van der Waals surface area contributed by atoms with Gasteiger partial charge in [0.25, 0.3) is 0 Å². The van der Waals surface area contributed by atoms with E-state index < -0.39 is 11.6 Å². The van der Waals surface area contributed by atoms with Gasteiger partial charge in [0, 0.05) is 43.6 Å². The molecule has 0 saturated heterocycles. The number of carboxylic acid groups (broad SMARTS) is 1. The van der Waals surface area contributed by atoms with Gasteiger partial charge >= 0.3 is 12.1 Å². The number of aromatic carboxylic acids is 1. The van der Waals surface area contributed by atoms with E-state index in [-0.39, 0.29) is 17.6 Å². The summed E-state index contributed by atoms with van der Waals surface area (Å²) in [4.78, 5) is 29.0. The molecule has 5 rings (SSSR count). The molecule has 6 nitrogen and oxygen atoms in total. The third kappa shape index (κ3) is 4.97. The zero-order chi connectivity index (χ0) is 24.1. The fraction of sp³-hybridized carbons (Fsp3) is 0.500. The molecule has 0 radical (unpaired) electrons. The Balaban J connectivity index is 1.28. The summed E-state index contributed by atoms with van der Waals surface area (Å²) in [5, 5.41) is 9.31. The molecule has 1 unspecified atom stereocenters. The smallest absolute Gasteiger partial charge is 0.410 e. The van der Waals surface area contributed by atoms with Crippen molar-refractivity contribution >= 4 is 12.1 Å². The summed E-state index contributed by atoms with van der Waals surface area (Å²) in [7, 11) is 0. The molecule has 180 valence electrons. The molecule has 1 aliphatic heterocycles. The molecule has 1 amide bonds. The lowest BCUT2D eigenvalue weighted by molar-refractivity contribution is 0.0170. The topological polar surface area (TPSA) is 70.1 Å². The van der Waals surface area contributed by atoms with E-state index in [0.717, 1.165) is 44.5 Å². The second-order valence-corrected chi connectivity index (χ2v) is 11.4. The number of hydrogen-bond acceptors (Lipinski definition) is 4. The fourth-order valence-electron chi connectivity index (χ4n) is 5.31. The standard InChI is InChI=1S/C28H34N2O4/c1-27(2,3)34-26(33)30(24-14-23(24)19-7-5-4-6-8-19)18-28(11-12-28)17-29-15-21-10-9-20(25(31)32)13-22(21)16-29/h4-10,13,23-24H,11-12,14-18H2,1-3H3,(H,31,32)/t23?,24-/m0/s1. The molecule has 1 N–H and O–H groups in total. The van der Waals surface area contributed by atoms with Crippen molar-refractivity contribution < 1.29 is 19.4 Å². The van der Waals surface area contributed by atoms with E-state index in [1.54, 1.807) is 12.1 Å². The lowest BCUT2D eigenvalue weighted by atomic mass is 10.1. The second kappa shape index (κ2) is 8.42. The molecule has 0 spiro atoms. The zero-order valence-electron chi connectivity index (χ0n) is 20.3. The average molecular weight is 463 g/mol. The molecule has 6 heteroatoms. The number of carboxylic acids is 1. The third-order valence-corrected chi connectivity index (χ3v) is 7.28. The quantitative estimate of drug-likeness (QED) is 0.607. The van der Waals surface area contributed by atoms with Crippen molar-refractivity contribution in [2.45, 2.75) is 70.7 Å². The normalized spacial score (nSPS) is 22.7. The minimum atomic E-state index is -0.884. The molecule has 2 aliphatic carbocycles. The predicted octanol–water partition coefficient (Wildman–Crippen LogP) is 5.27. The van der Waals surface area contributed by atoms with Crippen LogP contribution < -0.4 is 0 Å². The maximum Gasteiger partial charge on any atom is 0.410 e. The fourth-order valence-corrected chi connectivity index (χ4v) is 5.31. The number of ether oxygens (including phenoxy) is 1. The molecule has 1 heterocycles. The number of benzene rings is 2. The molecule has 2 saturated carbocycles. The van der Waals surface area contributed by atoms with Crippen molar-refractivity contribution in [3.05, 3.63) is 70.8 Å². The first-order valence-electron chi connectivity index (χ1n) is 12.2. The third-order valence-electron chi connectivity index (χ3n) is 7.28. The molecule has 2 fully saturated rings. The number of carbonyl (C=O) groups excluding carboxylic acids is 1. The minimum absolute atomic E-state index is 0.0817. The van der Waals surface area contributed by atoms with Crippen LogP contribution in [-0.4, -0.2) is 51.7 Å². The van der Waals surface area contributed by atoms with Crippen molar-refractivity contribution in [1.29, 1.82) is 0 Å². The van der Waals surface area contributed by atoms with Crippen LogP contribution in [0.5, 0.6) is 0 Å². The van der Waals surface area contributed by atoms with E-state index in [0.29, 0.717) is 18.0 Å². The largest absolute Gasteiger partial charge is 0.478 e. The Morgan fingerprint density at radius 3 is 2.44 bits per heavy atom. The van der Waals surface area contributed by atoms with Gasteiger partial charge in [-0.05, 0) is 68.9 Å². The SMILES string of the molecule is CC(C)(C)OC(=O)N(CC1(CN2Cc3ccc(C(=O)O)cc3C2)CC1)[C@H]1CC1c1ccccc1. The molecule has 0 aromatic heterocycles. The Morgan fingerprint density at radius 1 is 1.09 bits per heavy atom. The first kappa shape index (κ1) is 22.9. The van der Waals surface area contributed by atoms with Crippen LogP contribution in [0.3, 0.4) is 0 Å². The summed E-state index contributed by atoms with van der Waals surface area (Å²) in [6.07, 6.45) is 2.97. The Bertz CT molecular complexity index is 1090. The van der Waals surface area contributed by atoms with Gasteiger partial charge in [-0.1, -0.05) is 36.4 Å². The minimum Gasteiger partial charge on any atom is -0.478 e. The highest BCUT2D eigenvalue weighted by atomic mass is 16.6. The predicted molar refractivity (Wildman–Crippen MR) is 130 cm³/mol. The van der Waals surface area contributed by atoms with E-state index in [1.807, 2.05) is 37.8 Å². The number of nitrogens with zero attached hydrogens (tertiary/aromatic N) is 2. The Hall–Kier alpha value is -2.86. The van der Waals surface area contributed by atoms with E-state index in [9.17, 15) is 14.7 Å². The van der Waals surface area contributed by atoms with Gasteiger partial charge < -0.3 is 14.7 Å². The summed E-state index contributed by atoms with van der Waals surface area (Å²) >= 11 is 0. The number of hydrogen-bond donors (Lipinski definition) is 1. The number of amides is 1. The van der Waals surface area contributed by atoms with Gasteiger partial charge in [0.1, 0.15) is 5.60 Å². The number of carbonyl (C=O) groups is 2. The molecular formula is C28H34N2O4. The summed E-state index contributed by atoms with van der Waals surface area (Å²) in [6.45, 7) is 8.98. The van der Waals surface area contributed by atoms with E-state index >= 15 is 0 Å². The Labute approximate surface area is 201 Å². The van der Waals surface area contributed by atoms with E-state index in [4.69, 9.17) is 4.74 Å². The van der Waals surface area contributed by atoms with Crippen LogP contribution in [-0.2, 0) is 17.8 Å². The first-order chi connectivity index (χ1) is 16.1. The van der Waals surface area contributed by atoms with Crippen LogP contribution in [0.2, 0.25) is 0 Å². The van der Waals surface area contributed by atoms with Gasteiger partial charge in [0.05, 0.1) is 5.56 Å². The monoisotopic (exact) mass is 462 g/mol. The highest BCUT2D eigenvalue weighted by molar-refractivity contribution is 5.88. The highest BCUT2D eigenvalue weighted by Gasteiger charge is 2.52. The zero-order valence-corrected chi connectivity index (χ0v) is 20.3. The Kier molecular flexibility index (Phi) is 5.67.